The number of hydrogen-bond acceptors (Lipinski definition) is 5. The smallest absolute Gasteiger partial charge is 0.270 e. The highest BCUT2D eigenvalue weighted by Crippen LogP contribution is 2.31. The van der Waals surface area contributed by atoms with Gasteiger partial charge in [0.15, 0.2) is 0 Å². The van der Waals surface area contributed by atoms with Crippen molar-refractivity contribution in [2.45, 2.75) is 19.4 Å². The molecule has 6 heteroatoms. The fraction of sp³-hybridized carbons (Fsp3) is 0.357. The van der Waals surface area contributed by atoms with E-state index in [9.17, 15) is 15.2 Å². The first-order chi connectivity index (χ1) is 9.54. The first-order valence-electron chi connectivity index (χ1n) is 6.53. The molecule has 2 aromatic rings. The van der Waals surface area contributed by atoms with E-state index in [4.69, 9.17) is 0 Å². The van der Waals surface area contributed by atoms with Crippen LogP contribution in [0.25, 0.3) is 10.9 Å². The number of aromatic nitrogens is 1. The van der Waals surface area contributed by atoms with Gasteiger partial charge in [0.1, 0.15) is 0 Å². The number of benzene rings is 1. The Bertz CT molecular complexity index is 687. The molecule has 1 aliphatic rings. The van der Waals surface area contributed by atoms with E-state index in [-0.39, 0.29) is 11.8 Å². The number of anilines is 1. The minimum absolute atomic E-state index is 0.0594. The summed E-state index contributed by atoms with van der Waals surface area (Å²) in [4.78, 5) is 17.0. The topological polar surface area (TPSA) is 79.5 Å². The molecule has 1 aromatic heterocycles. The van der Waals surface area contributed by atoms with Crippen molar-refractivity contribution in [1.82, 2.24) is 4.98 Å². The van der Waals surface area contributed by atoms with Crippen molar-refractivity contribution in [3.8, 4) is 0 Å². The maximum atomic E-state index is 10.9. The van der Waals surface area contributed by atoms with Crippen molar-refractivity contribution in [2.75, 3.05) is 18.0 Å². The Morgan fingerprint density at radius 3 is 2.90 bits per heavy atom. The van der Waals surface area contributed by atoms with Gasteiger partial charge in [-0.15, -0.1) is 0 Å². The molecule has 1 N–H and O–H groups in total. The number of nitrogens with zero attached hydrogens (tertiary/aromatic N) is 3. The molecule has 0 aliphatic carbocycles. The lowest BCUT2D eigenvalue weighted by Crippen LogP contribution is -2.21. The average molecular weight is 273 g/mol. The zero-order valence-corrected chi connectivity index (χ0v) is 11.1. The predicted octanol–water partition coefficient (Wildman–Crippen LogP) is 2.02. The van der Waals surface area contributed by atoms with Gasteiger partial charge in [-0.1, -0.05) is 0 Å². The van der Waals surface area contributed by atoms with Gasteiger partial charge in [-0.25, -0.2) is 0 Å². The van der Waals surface area contributed by atoms with Crippen LogP contribution >= 0.6 is 0 Å². The third-order valence-corrected chi connectivity index (χ3v) is 3.61. The summed E-state index contributed by atoms with van der Waals surface area (Å²) < 4.78 is 0. The average Bonchev–Trinajstić information content (AvgIpc) is 2.83. The summed E-state index contributed by atoms with van der Waals surface area (Å²) in [5.74, 6) is 0. The first kappa shape index (κ1) is 12.8. The number of aliphatic hydroxyl groups is 1. The monoisotopic (exact) mass is 273 g/mol. The number of rotatable bonds is 2. The molecular formula is C14H15N3O3. The quantitative estimate of drug-likeness (QED) is 0.669. The number of fused-ring (bicyclic) bond motifs is 1. The van der Waals surface area contributed by atoms with Crippen molar-refractivity contribution in [3.05, 3.63) is 40.1 Å². The third kappa shape index (κ3) is 2.18. The van der Waals surface area contributed by atoms with Crippen molar-refractivity contribution in [1.29, 1.82) is 0 Å². The fourth-order valence-electron chi connectivity index (χ4n) is 2.66. The minimum Gasteiger partial charge on any atom is -0.391 e. The lowest BCUT2D eigenvalue weighted by molar-refractivity contribution is -0.384. The molecule has 0 radical (unpaired) electrons. The van der Waals surface area contributed by atoms with Crippen molar-refractivity contribution < 1.29 is 10.0 Å². The number of nitro groups is 1. The molecule has 20 heavy (non-hydrogen) atoms. The van der Waals surface area contributed by atoms with Crippen LogP contribution in [0.15, 0.2) is 24.3 Å². The van der Waals surface area contributed by atoms with Gasteiger partial charge < -0.3 is 10.0 Å². The number of pyridine rings is 1. The second kappa shape index (κ2) is 4.72. The molecule has 6 nitrogen and oxygen atoms in total. The van der Waals surface area contributed by atoms with Gasteiger partial charge in [-0.2, -0.15) is 0 Å². The van der Waals surface area contributed by atoms with E-state index in [1.165, 1.54) is 6.07 Å². The van der Waals surface area contributed by atoms with Gasteiger partial charge in [0, 0.05) is 42.0 Å². The minimum atomic E-state index is -0.401. The number of β-amino-alcohol motifs (C(OH)–C–C–N with tert-alkyl or cyclic N) is 1. The largest absolute Gasteiger partial charge is 0.391 e. The summed E-state index contributed by atoms with van der Waals surface area (Å²) in [7, 11) is 0. The van der Waals surface area contributed by atoms with Gasteiger partial charge in [-0.05, 0) is 25.5 Å². The van der Waals surface area contributed by atoms with Gasteiger partial charge in [-0.3, -0.25) is 15.1 Å². The maximum Gasteiger partial charge on any atom is 0.270 e. The molecule has 0 spiro atoms. The van der Waals surface area contributed by atoms with Crippen LogP contribution in [0.4, 0.5) is 11.4 Å². The van der Waals surface area contributed by atoms with E-state index in [0.29, 0.717) is 6.54 Å². The van der Waals surface area contributed by atoms with Crippen molar-refractivity contribution in [2.24, 2.45) is 0 Å². The molecule has 0 unspecified atom stereocenters. The van der Waals surface area contributed by atoms with Crippen LogP contribution in [0, 0.1) is 17.0 Å². The van der Waals surface area contributed by atoms with Gasteiger partial charge in [0.2, 0.25) is 0 Å². The molecule has 1 saturated heterocycles. The van der Waals surface area contributed by atoms with Crippen LogP contribution in [0.2, 0.25) is 0 Å². The van der Waals surface area contributed by atoms with Crippen LogP contribution < -0.4 is 4.90 Å². The Labute approximate surface area is 115 Å². The molecule has 1 fully saturated rings. The van der Waals surface area contributed by atoms with Crippen LogP contribution in [0.5, 0.6) is 0 Å². The second-order valence-electron chi connectivity index (χ2n) is 5.13. The third-order valence-electron chi connectivity index (χ3n) is 3.61. The summed E-state index contributed by atoms with van der Waals surface area (Å²) in [5, 5.41) is 21.4. The number of hydrogen-bond donors (Lipinski definition) is 1. The molecule has 2 heterocycles. The molecule has 104 valence electrons. The Morgan fingerprint density at radius 2 is 2.25 bits per heavy atom. The molecule has 0 amide bonds. The highest BCUT2D eigenvalue weighted by atomic mass is 16.6. The lowest BCUT2D eigenvalue weighted by Gasteiger charge is -2.20. The number of nitro benzene ring substituents is 1. The summed E-state index contributed by atoms with van der Waals surface area (Å²) >= 11 is 0. The Morgan fingerprint density at radius 1 is 1.45 bits per heavy atom. The molecule has 1 atom stereocenters. The lowest BCUT2D eigenvalue weighted by atomic mass is 10.1. The molecule has 3 rings (SSSR count). The Balaban J connectivity index is 2.18. The van der Waals surface area contributed by atoms with Crippen LogP contribution in [0.1, 0.15) is 12.1 Å². The molecule has 0 bridgehead atoms. The van der Waals surface area contributed by atoms with Crippen molar-refractivity contribution >= 4 is 22.3 Å². The zero-order chi connectivity index (χ0) is 14.3. The van der Waals surface area contributed by atoms with E-state index in [1.807, 2.05) is 13.0 Å². The predicted molar refractivity (Wildman–Crippen MR) is 76.0 cm³/mol. The van der Waals surface area contributed by atoms with Gasteiger partial charge >= 0.3 is 0 Å². The number of non-ortho nitro benzene ring substituents is 1. The molecule has 1 aliphatic heterocycles. The standard InChI is InChI=1S/C14H15N3O3/c1-9-6-14(16-5-4-11(18)8-16)12-7-10(17(19)20)2-3-13(12)15-9/h2-3,6-7,11,18H,4-5,8H2,1H3/t11-/m0/s1. The summed E-state index contributed by atoms with van der Waals surface area (Å²) in [5.41, 5.74) is 2.58. The Kier molecular flexibility index (Phi) is 3.02. The summed E-state index contributed by atoms with van der Waals surface area (Å²) in [6.07, 6.45) is 0.384. The van der Waals surface area contributed by atoms with E-state index >= 15 is 0 Å². The van der Waals surface area contributed by atoms with E-state index < -0.39 is 4.92 Å². The fourth-order valence-corrected chi connectivity index (χ4v) is 2.66. The van der Waals surface area contributed by atoms with Crippen molar-refractivity contribution in [3.63, 3.8) is 0 Å². The molecular weight excluding hydrogens is 258 g/mol. The SMILES string of the molecule is Cc1cc(N2CC[C@H](O)C2)c2cc([N+](=O)[O-])ccc2n1. The van der Waals surface area contributed by atoms with E-state index in [1.54, 1.807) is 12.1 Å². The van der Waals surface area contributed by atoms with Gasteiger partial charge in [0.05, 0.1) is 16.5 Å². The normalized spacial score (nSPS) is 18.7. The van der Waals surface area contributed by atoms with E-state index in [0.717, 1.165) is 35.2 Å². The molecule has 0 saturated carbocycles. The number of aliphatic hydroxyl groups excluding tert-OH is 1. The van der Waals surface area contributed by atoms with E-state index in [2.05, 4.69) is 9.88 Å². The van der Waals surface area contributed by atoms with Crippen LogP contribution in [-0.4, -0.2) is 34.2 Å². The zero-order valence-electron chi connectivity index (χ0n) is 11.1. The highest BCUT2D eigenvalue weighted by molar-refractivity contribution is 5.93. The Hall–Kier alpha value is -2.21. The molecule has 1 aromatic carbocycles. The highest BCUT2D eigenvalue weighted by Gasteiger charge is 2.23. The second-order valence-corrected chi connectivity index (χ2v) is 5.13. The first-order valence-corrected chi connectivity index (χ1v) is 6.53. The van der Waals surface area contributed by atoms with Crippen LogP contribution in [-0.2, 0) is 0 Å². The summed E-state index contributed by atoms with van der Waals surface area (Å²) in [6.45, 7) is 3.21. The number of aryl methyl sites for hydroxylation is 1. The van der Waals surface area contributed by atoms with Crippen LogP contribution in [0.3, 0.4) is 0 Å². The maximum absolute atomic E-state index is 10.9. The summed E-state index contributed by atoms with van der Waals surface area (Å²) in [6, 6.07) is 6.62. The van der Waals surface area contributed by atoms with Gasteiger partial charge in [0.25, 0.3) is 5.69 Å².